The normalized spacial score (nSPS) is 11.4. The van der Waals surface area contributed by atoms with Gasteiger partial charge in [0.2, 0.25) is 0 Å². The number of aliphatic hydroxyl groups is 1. The summed E-state index contributed by atoms with van der Waals surface area (Å²) in [7, 11) is -3.71. The molecule has 0 fully saturated rings. The first-order valence-corrected chi connectivity index (χ1v) is 7.25. The van der Waals surface area contributed by atoms with Crippen LogP contribution in [0.25, 0.3) is 0 Å². The van der Waals surface area contributed by atoms with Gasteiger partial charge in [-0.15, -0.1) is 0 Å². The van der Waals surface area contributed by atoms with E-state index in [0.29, 0.717) is 12.8 Å². The van der Waals surface area contributed by atoms with E-state index in [-0.39, 0.29) is 23.7 Å². The van der Waals surface area contributed by atoms with Crippen LogP contribution in [-0.4, -0.2) is 42.7 Å². The molecule has 0 atom stereocenters. The lowest BCUT2D eigenvalue weighted by molar-refractivity contribution is 0.0696. The van der Waals surface area contributed by atoms with E-state index >= 15 is 0 Å². The van der Waals surface area contributed by atoms with Crippen LogP contribution in [0.1, 0.15) is 29.6 Å². The summed E-state index contributed by atoms with van der Waals surface area (Å²) in [5.74, 6) is -1.16. The molecule has 0 unspecified atom stereocenters. The zero-order valence-electron chi connectivity index (χ0n) is 10.2. The number of rotatable bonds is 8. The fourth-order valence-electron chi connectivity index (χ4n) is 1.36. The molecular weight excluding hydrogens is 272 g/mol. The second kappa shape index (κ2) is 7.17. The van der Waals surface area contributed by atoms with Gasteiger partial charge in [-0.1, -0.05) is 0 Å². The number of pyridine rings is 1. The van der Waals surface area contributed by atoms with Gasteiger partial charge in [-0.05, 0) is 31.4 Å². The SMILES string of the molecule is O=C(O)c1ccc(S(=O)(=O)NCCCCCO)nc1. The minimum atomic E-state index is -3.71. The van der Waals surface area contributed by atoms with Gasteiger partial charge in [0.25, 0.3) is 10.0 Å². The molecule has 1 aromatic heterocycles. The molecule has 0 spiro atoms. The second-order valence-corrected chi connectivity index (χ2v) is 5.59. The number of carboxylic acids is 1. The van der Waals surface area contributed by atoms with Crippen molar-refractivity contribution in [1.29, 1.82) is 0 Å². The third kappa shape index (κ3) is 4.93. The van der Waals surface area contributed by atoms with E-state index in [1.807, 2.05) is 0 Å². The highest BCUT2D eigenvalue weighted by atomic mass is 32.2. The molecule has 8 heteroatoms. The average molecular weight is 288 g/mol. The van der Waals surface area contributed by atoms with Crippen LogP contribution in [0.2, 0.25) is 0 Å². The molecule has 1 aromatic rings. The molecule has 0 aromatic carbocycles. The van der Waals surface area contributed by atoms with Crippen LogP contribution < -0.4 is 4.72 Å². The molecule has 19 heavy (non-hydrogen) atoms. The summed E-state index contributed by atoms with van der Waals surface area (Å²) in [6, 6.07) is 2.34. The van der Waals surface area contributed by atoms with Crippen molar-refractivity contribution in [3.8, 4) is 0 Å². The number of carbonyl (C=O) groups is 1. The minimum Gasteiger partial charge on any atom is -0.478 e. The van der Waals surface area contributed by atoms with Crippen LogP contribution >= 0.6 is 0 Å². The summed E-state index contributed by atoms with van der Waals surface area (Å²) in [5.41, 5.74) is -0.0677. The van der Waals surface area contributed by atoms with E-state index in [9.17, 15) is 13.2 Å². The topological polar surface area (TPSA) is 117 Å². The summed E-state index contributed by atoms with van der Waals surface area (Å²) in [4.78, 5) is 14.2. The Kier molecular flexibility index (Phi) is 5.87. The second-order valence-electron chi connectivity index (χ2n) is 3.87. The van der Waals surface area contributed by atoms with Gasteiger partial charge in [-0.2, -0.15) is 0 Å². The van der Waals surface area contributed by atoms with Crippen molar-refractivity contribution >= 4 is 16.0 Å². The quantitative estimate of drug-likeness (QED) is 0.589. The molecular formula is C11H16N2O5S. The molecule has 0 bridgehead atoms. The van der Waals surface area contributed by atoms with Crippen molar-refractivity contribution in [1.82, 2.24) is 9.71 Å². The van der Waals surface area contributed by atoms with Gasteiger partial charge in [-0.3, -0.25) is 0 Å². The highest BCUT2D eigenvalue weighted by molar-refractivity contribution is 7.89. The molecule has 0 radical (unpaired) electrons. The van der Waals surface area contributed by atoms with Crippen LogP contribution in [0.15, 0.2) is 23.4 Å². The van der Waals surface area contributed by atoms with Crippen LogP contribution in [0, 0.1) is 0 Å². The van der Waals surface area contributed by atoms with Gasteiger partial charge >= 0.3 is 5.97 Å². The largest absolute Gasteiger partial charge is 0.478 e. The Bertz CT molecular complexity index is 512. The monoisotopic (exact) mass is 288 g/mol. The van der Waals surface area contributed by atoms with Gasteiger partial charge in [0, 0.05) is 19.3 Å². The molecule has 3 N–H and O–H groups in total. The fraction of sp³-hybridized carbons (Fsp3) is 0.455. The maximum atomic E-state index is 11.8. The van der Waals surface area contributed by atoms with Gasteiger partial charge in [0.05, 0.1) is 5.56 Å². The first-order chi connectivity index (χ1) is 8.97. The summed E-state index contributed by atoms with van der Waals surface area (Å²) in [5, 5.41) is 17.0. The van der Waals surface area contributed by atoms with Crippen LogP contribution in [-0.2, 0) is 10.0 Å². The molecule has 0 saturated carbocycles. The predicted octanol–water partition coefficient (Wildman–Crippen LogP) is 0.221. The van der Waals surface area contributed by atoms with Crippen molar-refractivity contribution in [2.24, 2.45) is 0 Å². The predicted molar refractivity (Wildman–Crippen MR) is 67.3 cm³/mol. The van der Waals surface area contributed by atoms with Crippen molar-refractivity contribution in [2.45, 2.75) is 24.3 Å². The van der Waals surface area contributed by atoms with Gasteiger partial charge in [0.15, 0.2) is 5.03 Å². The third-order valence-corrected chi connectivity index (χ3v) is 3.76. The highest BCUT2D eigenvalue weighted by Crippen LogP contribution is 2.07. The maximum absolute atomic E-state index is 11.8. The van der Waals surface area contributed by atoms with Gasteiger partial charge < -0.3 is 10.2 Å². The lowest BCUT2D eigenvalue weighted by atomic mass is 10.2. The first kappa shape index (κ1) is 15.5. The number of hydrogen-bond donors (Lipinski definition) is 3. The lowest BCUT2D eigenvalue weighted by Gasteiger charge is -2.05. The molecule has 0 amide bonds. The molecule has 0 aliphatic carbocycles. The molecule has 0 aliphatic heterocycles. The molecule has 1 heterocycles. The Morgan fingerprint density at radius 3 is 2.53 bits per heavy atom. The number of hydrogen-bond acceptors (Lipinski definition) is 5. The van der Waals surface area contributed by atoms with E-state index < -0.39 is 16.0 Å². The van der Waals surface area contributed by atoms with Crippen molar-refractivity contribution in [3.05, 3.63) is 23.9 Å². The average Bonchev–Trinajstić information content (AvgIpc) is 2.38. The van der Waals surface area contributed by atoms with E-state index in [2.05, 4.69) is 9.71 Å². The number of aromatic nitrogens is 1. The standard InChI is InChI=1S/C11H16N2O5S/c14-7-3-1-2-6-13-19(17,18)10-5-4-9(8-12-10)11(15)16/h4-5,8,13-14H,1-3,6-7H2,(H,15,16). The molecule has 0 saturated heterocycles. The number of carboxylic acid groups (broad SMARTS) is 1. The van der Waals surface area contributed by atoms with E-state index in [4.69, 9.17) is 10.2 Å². The smallest absolute Gasteiger partial charge is 0.337 e. The van der Waals surface area contributed by atoms with Crippen LogP contribution in [0.4, 0.5) is 0 Å². The Labute approximate surface area is 111 Å². The molecule has 106 valence electrons. The van der Waals surface area contributed by atoms with E-state index in [1.54, 1.807) is 0 Å². The zero-order valence-corrected chi connectivity index (χ0v) is 11.1. The summed E-state index contributed by atoms with van der Waals surface area (Å²) < 4.78 is 25.9. The number of unbranched alkanes of at least 4 members (excludes halogenated alkanes) is 2. The molecule has 7 nitrogen and oxygen atoms in total. The van der Waals surface area contributed by atoms with Crippen molar-refractivity contribution in [2.75, 3.05) is 13.2 Å². The number of nitrogens with zero attached hydrogens (tertiary/aromatic N) is 1. The summed E-state index contributed by atoms with van der Waals surface area (Å²) in [6.45, 7) is 0.343. The van der Waals surface area contributed by atoms with E-state index in [1.165, 1.54) is 6.07 Å². The van der Waals surface area contributed by atoms with Crippen LogP contribution in [0.3, 0.4) is 0 Å². The number of sulfonamides is 1. The minimum absolute atomic E-state index is 0.0677. The Morgan fingerprint density at radius 2 is 2.00 bits per heavy atom. The number of aliphatic hydroxyl groups excluding tert-OH is 1. The summed E-state index contributed by atoms with van der Waals surface area (Å²) >= 11 is 0. The summed E-state index contributed by atoms with van der Waals surface area (Å²) in [6.07, 6.45) is 2.98. The van der Waals surface area contributed by atoms with Crippen molar-refractivity contribution in [3.63, 3.8) is 0 Å². The van der Waals surface area contributed by atoms with Gasteiger partial charge in [-0.25, -0.2) is 22.9 Å². The van der Waals surface area contributed by atoms with Crippen molar-refractivity contribution < 1.29 is 23.4 Å². The highest BCUT2D eigenvalue weighted by Gasteiger charge is 2.15. The lowest BCUT2D eigenvalue weighted by Crippen LogP contribution is -2.25. The molecule has 0 aliphatic rings. The van der Waals surface area contributed by atoms with E-state index in [0.717, 1.165) is 18.7 Å². The Hall–Kier alpha value is -1.51. The Morgan fingerprint density at radius 1 is 1.26 bits per heavy atom. The van der Waals surface area contributed by atoms with Gasteiger partial charge in [0.1, 0.15) is 0 Å². The fourth-order valence-corrected chi connectivity index (χ4v) is 2.36. The maximum Gasteiger partial charge on any atom is 0.337 e. The number of aromatic carboxylic acids is 1. The Balaban J connectivity index is 2.59. The van der Waals surface area contributed by atoms with Crippen LogP contribution in [0.5, 0.6) is 0 Å². The zero-order chi connectivity index (χ0) is 14.3. The first-order valence-electron chi connectivity index (χ1n) is 5.77. The third-order valence-electron chi connectivity index (χ3n) is 2.39. The molecule has 1 rings (SSSR count). The number of nitrogens with one attached hydrogen (secondary N) is 1.